The molecular formula is C4H12I2O2Te. The fourth-order valence-electron chi connectivity index (χ4n) is 0.214. The van der Waals surface area contributed by atoms with Gasteiger partial charge in [0.15, 0.2) is 0 Å². The predicted molar refractivity (Wildman–Crippen MR) is 61.9 cm³/mol. The second kappa shape index (κ2) is 16.4. The normalized spacial score (nSPS) is 5.44. The van der Waals surface area contributed by atoms with Crippen LogP contribution in [0.5, 0.6) is 0 Å². The molecule has 0 unspecified atom stereocenters. The van der Waals surface area contributed by atoms with Crippen molar-refractivity contribution in [2.75, 3.05) is 0 Å². The molecule has 0 saturated carbocycles. The van der Waals surface area contributed by atoms with E-state index in [2.05, 4.69) is 0 Å². The van der Waals surface area contributed by atoms with Gasteiger partial charge in [-0.05, 0) is 6.42 Å². The molecule has 0 atom stereocenters. The zero-order chi connectivity index (χ0) is 4.99. The summed E-state index contributed by atoms with van der Waals surface area (Å²) in [4.78, 5) is 9.60. The van der Waals surface area contributed by atoms with E-state index in [-0.39, 0.29) is 71.6 Å². The Bertz CT molecular complexity index is 60.5. The summed E-state index contributed by atoms with van der Waals surface area (Å²) < 4.78 is 0. The molecule has 0 spiro atoms. The number of carboxylic acid groups (broad SMARTS) is 1. The monoisotopic (exact) mass is 476 g/mol. The molecule has 0 fully saturated rings. The van der Waals surface area contributed by atoms with Gasteiger partial charge in [-0.2, -0.15) is 0 Å². The van der Waals surface area contributed by atoms with E-state index in [4.69, 9.17) is 5.11 Å². The molecule has 5 heteroatoms. The molecule has 2 nitrogen and oxygen atoms in total. The molecule has 0 aromatic carbocycles. The summed E-state index contributed by atoms with van der Waals surface area (Å²) in [6, 6.07) is 0. The van der Waals surface area contributed by atoms with Crippen LogP contribution in [0, 0.1) is 0 Å². The third-order valence-corrected chi connectivity index (χ3v) is 0.464. The van der Waals surface area contributed by atoms with Gasteiger partial charge in [-0.25, -0.2) is 0 Å². The van der Waals surface area contributed by atoms with Crippen molar-refractivity contribution in [2.24, 2.45) is 0 Å². The summed E-state index contributed by atoms with van der Waals surface area (Å²) in [6.45, 7) is 1.84. The van der Waals surface area contributed by atoms with Crippen molar-refractivity contribution >= 4 is 77.6 Å². The molecule has 0 radical (unpaired) electrons. The molecule has 1 N–H and O–H groups in total. The van der Waals surface area contributed by atoms with Gasteiger partial charge in [0, 0.05) is 6.42 Å². The van der Waals surface area contributed by atoms with E-state index in [9.17, 15) is 4.79 Å². The van der Waals surface area contributed by atoms with Crippen LogP contribution in [-0.4, -0.2) is 34.7 Å². The molecular weight excluding hydrogens is 461 g/mol. The van der Waals surface area contributed by atoms with Gasteiger partial charge < -0.3 is 5.11 Å². The molecule has 0 bridgehead atoms. The summed E-state index contributed by atoms with van der Waals surface area (Å²) in [5.74, 6) is -0.711. The van der Waals surface area contributed by atoms with Gasteiger partial charge >= 0.3 is 29.6 Å². The van der Waals surface area contributed by atoms with Crippen LogP contribution in [0.2, 0.25) is 0 Å². The van der Waals surface area contributed by atoms with Gasteiger partial charge in [0.05, 0.1) is 0 Å². The van der Waals surface area contributed by atoms with Crippen molar-refractivity contribution in [1.82, 2.24) is 0 Å². The number of carboxylic acids is 1. The molecule has 0 aromatic heterocycles. The number of hydrogen-bond acceptors (Lipinski definition) is 1. The van der Waals surface area contributed by atoms with Crippen LogP contribution in [-0.2, 0) is 4.79 Å². The van der Waals surface area contributed by atoms with Crippen molar-refractivity contribution < 1.29 is 9.90 Å². The Labute approximate surface area is 106 Å². The average molecular weight is 474 g/mol. The molecule has 0 heterocycles. The molecule has 9 heavy (non-hydrogen) atoms. The molecule has 0 aromatic rings. The average Bonchev–Trinajstić information content (AvgIpc) is 1.35. The first-order valence-corrected chi connectivity index (χ1v) is 1.99. The first-order chi connectivity index (χ1) is 2.77. The number of carbonyl (C=O) groups is 1. The quantitative estimate of drug-likeness (QED) is 0.484. The summed E-state index contributed by atoms with van der Waals surface area (Å²) in [7, 11) is 0. The Hall–Kier alpha value is 1.72. The molecule has 0 rings (SSSR count). The topological polar surface area (TPSA) is 37.3 Å². The zero-order valence-electron chi connectivity index (χ0n) is 5.09. The van der Waals surface area contributed by atoms with E-state index in [0.29, 0.717) is 6.42 Å². The maximum absolute atomic E-state index is 9.60. The minimum absolute atomic E-state index is 0. The fraction of sp³-hybridized carbons (Fsp3) is 0.750. The Morgan fingerprint density at radius 2 is 1.78 bits per heavy atom. The summed E-state index contributed by atoms with van der Waals surface area (Å²) >= 11 is 0. The Morgan fingerprint density at radius 1 is 1.44 bits per heavy atom. The maximum atomic E-state index is 9.60. The van der Waals surface area contributed by atoms with Gasteiger partial charge in [-0.3, -0.25) is 4.79 Å². The molecule has 0 saturated heterocycles. The summed E-state index contributed by atoms with van der Waals surface area (Å²) in [6.07, 6.45) is 1.02. The van der Waals surface area contributed by atoms with Crippen molar-refractivity contribution in [1.29, 1.82) is 0 Å². The van der Waals surface area contributed by atoms with Crippen LogP contribution >= 0.6 is 48.0 Å². The first kappa shape index (κ1) is 22.4. The van der Waals surface area contributed by atoms with Gasteiger partial charge in [0.25, 0.3) is 0 Å². The van der Waals surface area contributed by atoms with E-state index in [1.807, 2.05) is 6.92 Å². The van der Waals surface area contributed by atoms with Gasteiger partial charge in [-0.1, -0.05) is 6.92 Å². The molecule has 0 aliphatic rings. The standard InChI is InChI=1S/C4H8O2.2HI.H2Te/c1-2-3-4(5)6;;;/h2-3H2,1H3,(H,5,6);2*1H;1H2. The molecule has 0 aliphatic carbocycles. The second-order valence-electron chi connectivity index (χ2n) is 1.14. The summed E-state index contributed by atoms with van der Waals surface area (Å²) in [5.41, 5.74) is 0. The van der Waals surface area contributed by atoms with E-state index < -0.39 is 5.97 Å². The minimum atomic E-state index is -0.711. The zero-order valence-corrected chi connectivity index (χ0v) is 12.6. The van der Waals surface area contributed by atoms with Crippen LogP contribution in [0.1, 0.15) is 19.8 Å². The predicted octanol–water partition coefficient (Wildman–Crippen LogP) is 1.19. The van der Waals surface area contributed by atoms with Crippen molar-refractivity contribution in [2.45, 2.75) is 19.8 Å². The van der Waals surface area contributed by atoms with E-state index >= 15 is 0 Å². The Morgan fingerprint density at radius 3 is 1.78 bits per heavy atom. The third-order valence-electron chi connectivity index (χ3n) is 0.464. The van der Waals surface area contributed by atoms with Crippen molar-refractivity contribution in [3.8, 4) is 0 Å². The van der Waals surface area contributed by atoms with Crippen molar-refractivity contribution in [3.05, 3.63) is 0 Å². The Balaban J connectivity index is -0.0000000417. The first-order valence-electron chi connectivity index (χ1n) is 1.99. The van der Waals surface area contributed by atoms with Gasteiger partial charge in [0.2, 0.25) is 0 Å². The number of hydrogen-bond donors (Lipinski definition) is 1. The number of halogens is 2. The van der Waals surface area contributed by atoms with E-state index in [1.165, 1.54) is 0 Å². The number of rotatable bonds is 2. The van der Waals surface area contributed by atoms with Gasteiger partial charge in [0.1, 0.15) is 0 Å². The Kier molecular flexibility index (Phi) is 40.8. The third kappa shape index (κ3) is 26.0. The van der Waals surface area contributed by atoms with Gasteiger partial charge in [-0.15, -0.1) is 48.0 Å². The fourth-order valence-corrected chi connectivity index (χ4v) is 0.214. The summed E-state index contributed by atoms with van der Waals surface area (Å²) in [5, 5.41) is 7.91. The number of aliphatic carboxylic acids is 1. The SMILES string of the molecule is CCCC(=O)O.I.I.[TeH2]. The van der Waals surface area contributed by atoms with Crippen LogP contribution in [0.25, 0.3) is 0 Å². The molecule has 0 amide bonds. The molecule has 60 valence electrons. The van der Waals surface area contributed by atoms with E-state index in [1.54, 1.807) is 0 Å². The van der Waals surface area contributed by atoms with Crippen LogP contribution < -0.4 is 0 Å². The van der Waals surface area contributed by atoms with Crippen molar-refractivity contribution in [3.63, 3.8) is 0 Å². The van der Waals surface area contributed by atoms with Crippen LogP contribution in [0.3, 0.4) is 0 Å². The van der Waals surface area contributed by atoms with Crippen LogP contribution in [0.4, 0.5) is 0 Å². The molecule has 0 aliphatic heterocycles. The second-order valence-corrected chi connectivity index (χ2v) is 1.14. The van der Waals surface area contributed by atoms with Crippen LogP contribution in [0.15, 0.2) is 0 Å². The van der Waals surface area contributed by atoms with E-state index in [0.717, 1.165) is 6.42 Å².